The Balaban J connectivity index is 1.82. The Hall–Kier alpha value is -2.91. The summed E-state index contributed by atoms with van der Waals surface area (Å²) in [6.07, 6.45) is 0.680. The quantitative estimate of drug-likeness (QED) is 0.619. The van der Waals surface area contributed by atoms with Crippen LogP contribution < -0.4 is 5.32 Å². The molecule has 1 amide bonds. The lowest BCUT2D eigenvalue weighted by molar-refractivity contribution is -0.128. The van der Waals surface area contributed by atoms with Gasteiger partial charge < -0.3 is 5.32 Å². The number of anilines is 1. The first-order valence-electron chi connectivity index (χ1n) is 9.83. The van der Waals surface area contributed by atoms with E-state index in [1.54, 1.807) is 6.07 Å². The number of benzene rings is 3. The molecule has 3 aromatic rings. The standard InChI is InChI=1S/C25H20ClNO2/c26-18-11-12-23-22(13-18)25(24(29)27-23)20(16-7-3-1-4-8-16)14-19(28)15-21(25)17-9-5-2-6-10-17/h1-13,20-21H,14-15H2,(H,27,29)/t20-,21-/m0/s1. The largest absolute Gasteiger partial charge is 0.325 e. The molecule has 1 N–H and O–H groups in total. The first-order valence-corrected chi connectivity index (χ1v) is 10.2. The SMILES string of the molecule is O=C1C[C@@H](c2ccccc2)C2(C(=O)Nc3ccc(Cl)cc32)[C@H](c2ccccc2)C1. The van der Waals surface area contributed by atoms with E-state index in [0.29, 0.717) is 17.9 Å². The van der Waals surface area contributed by atoms with E-state index in [-0.39, 0.29) is 23.5 Å². The van der Waals surface area contributed by atoms with Crippen LogP contribution in [0.2, 0.25) is 5.02 Å². The molecule has 0 unspecified atom stereocenters. The second kappa shape index (κ2) is 6.85. The summed E-state index contributed by atoms with van der Waals surface area (Å²) in [5, 5.41) is 3.68. The number of hydrogen-bond donors (Lipinski definition) is 1. The molecule has 1 spiro atoms. The van der Waals surface area contributed by atoms with E-state index in [1.165, 1.54) is 0 Å². The summed E-state index contributed by atoms with van der Waals surface area (Å²) >= 11 is 6.38. The zero-order valence-electron chi connectivity index (χ0n) is 15.8. The van der Waals surface area contributed by atoms with Gasteiger partial charge in [0.1, 0.15) is 5.78 Å². The van der Waals surface area contributed by atoms with Gasteiger partial charge in [-0.3, -0.25) is 9.59 Å². The van der Waals surface area contributed by atoms with E-state index >= 15 is 0 Å². The number of fused-ring (bicyclic) bond motifs is 2. The summed E-state index contributed by atoms with van der Waals surface area (Å²) in [6.45, 7) is 0. The Bertz CT molecular complexity index is 1040. The van der Waals surface area contributed by atoms with Gasteiger partial charge in [0.2, 0.25) is 5.91 Å². The maximum absolute atomic E-state index is 13.7. The van der Waals surface area contributed by atoms with Crippen molar-refractivity contribution in [1.82, 2.24) is 0 Å². The van der Waals surface area contributed by atoms with Gasteiger partial charge in [-0.2, -0.15) is 0 Å². The van der Waals surface area contributed by atoms with Gasteiger partial charge >= 0.3 is 0 Å². The van der Waals surface area contributed by atoms with Gasteiger partial charge in [-0.25, -0.2) is 0 Å². The molecular formula is C25H20ClNO2. The second-order valence-electron chi connectivity index (χ2n) is 7.89. The van der Waals surface area contributed by atoms with Crippen molar-refractivity contribution in [2.75, 3.05) is 5.32 Å². The van der Waals surface area contributed by atoms with E-state index < -0.39 is 5.41 Å². The molecule has 2 aliphatic rings. The van der Waals surface area contributed by atoms with Crippen molar-refractivity contribution in [2.24, 2.45) is 0 Å². The minimum absolute atomic E-state index is 0.0510. The first-order chi connectivity index (χ1) is 14.1. The Kier molecular flexibility index (Phi) is 4.29. The average Bonchev–Trinajstić information content (AvgIpc) is 3.03. The Morgan fingerprint density at radius 1 is 0.793 bits per heavy atom. The van der Waals surface area contributed by atoms with Gasteiger partial charge in [-0.15, -0.1) is 0 Å². The topological polar surface area (TPSA) is 46.2 Å². The highest BCUT2D eigenvalue weighted by Gasteiger charge is 2.60. The lowest BCUT2D eigenvalue weighted by Gasteiger charge is -2.46. The third-order valence-electron chi connectivity index (χ3n) is 6.42. The molecule has 2 atom stereocenters. The van der Waals surface area contributed by atoms with Gasteiger partial charge in [-0.05, 0) is 34.9 Å². The van der Waals surface area contributed by atoms with Crippen LogP contribution in [0.25, 0.3) is 0 Å². The lowest BCUT2D eigenvalue weighted by Crippen LogP contribution is -2.50. The van der Waals surface area contributed by atoms with Crippen LogP contribution in [0.3, 0.4) is 0 Å². The fourth-order valence-electron chi connectivity index (χ4n) is 5.24. The molecule has 1 aliphatic heterocycles. The minimum Gasteiger partial charge on any atom is -0.325 e. The molecule has 1 saturated carbocycles. The molecule has 144 valence electrons. The van der Waals surface area contributed by atoms with Crippen LogP contribution in [-0.2, 0) is 15.0 Å². The van der Waals surface area contributed by atoms with Crippen molar-refractivity contribution in [3.05, 3.63) is 101 Å². The normalized spacial score (nSPS) is 22.4. The number of halogens is 1. The molecule has 1 aliphatic carbocycles. The third-order valence-corrected chi connectivity index (χ3v) is 6.65. The summed E-state index contributed by atoms with van der Waals surface area (Å²) in [4.78, 5) is 26.6. The zero-order valence-corrected chi connectivity index (χ0v) is 16.5. The number of Topliss-reactive ketones (excluding diaryl/α,β-unsaturated/α-hetero) is 1. The molecule has 3 nitrogen and oxygen atoms in total. The third kappa shape index (κ3) is 2.72. The molecule has 1 fully saturated rings. The fourth-order valence-corrected chi connectivity index (χ4v) is 5.42. The van der Waals surface area contributed by atoms with Crippen LogP contribution in [0.1, 0.15) is 41.4 Å². The molecule has 29 heavy (non-hydrogen) atoms. The Morgan fingerprint density at radius 3 is 1.90 bits per heavy atom. The van der Waals surface area contributed by atoms with Crippen LogP contribution in [0, 0.1) is 0 Å². The second-order valence-corrected chi connectivity index (χ2v) is 8.32. The van der Waals surface area contributed by atoms with Crippen LogP contribution >= 0.6 is 11.6 Å². The van der Waals surface area contributed by atoms with E-state index in [1.807, 2.05) is 72.8 Å². The van der Waals surface area contributed by atoms with Crippen LogP contribution in [-0.4, -0.2) is 11.7 Å². The van der Waals surface area contributed by atoms with E-state index in [4.69, 9.17) is 11.6 Å². The maximum Gasteiger partial charge on any atom is 0.236 e. The van der Waals surface area contributed by atoms with Crippen molar-refractivity contribution in [1.29, 1.82) is 0 Å². The van der Waals surface area contributed by atoms with Gasteiger partial charge in [-0.1, -0.05) is 72.3 Å². The molecule has 4 heteroatoms. The molecule has 0 saturated heterocycles. The molecule has 1 heterocycles. The summed E-state index contributed by atoms with van der Waals surface area (Å²) in [5.74, 6) is -0.378. The average molecular weight is 402 g/mol. The highest BCUT2D eigenvalue weighted by Crippen LogP contribution is 2.60. The highest BCUT2D eigenvalue weighted by atomic mass is 35.5. The molecule has 3 aromatic carbocycles. The number of ketones is 1. The van der Waals surface area contributed by atoms with Crippen molar-refractivity contribution >= 4 is 29.0 Å². The highest BCUT2D eigenvalue weighted by molar-refractivity contribution is 6.31. The van der Waals surface area contributed by atoms with Gasteiger partial charge in [0.15, 0.2) is 0 Å². The number of carbonyl (C=O) groups is 2. The summed E-state index contributed by atoms with van der Waals surface area (Å²) < 4.78 is 0. The Morgan fingerprint density at radius 2 is 1.34 bits per heavy atom. The summed E-state index contributed by atoms with van der Waals surface area (Å²) in [6, 6.07) is 25.4. The van der Waals surface area contributed by atoms with Gasteiger partial charge in [0.25, 0.3) is 0 Å². The van der Waals surface area contributed by atoms with Crippen molar-refractivity contribution in [3.63, 3.8) is 0 Å². The lowest BCUT2D eigenvalue weighted by atomic mass is 9.54. The molecule has 0 radical (unpaired) electrons. The molecule has 0 bridgehead atoms. The van der Waals surface area contributed by atoms with E-state index in [9.17, 15) is 9.59 Å². The number of hydrogen-bond acceptors (Lipinski definition) is 2. The monoisotopic (exact) mass is 401 g/mol. The van der Waals surface area contributed by atoms with Gasteiger partial charge in [0, 0.05) is 35.4 Å². The molecule has 5 rings (SSSR count). The predicted octanol–water partition coefficient (Wildman–Crippen LogP) is 5.46. The summed E-state index contributed by atoms with van der Waals surface area (Å²) in [7, 11) is 0. The number of amides is 1. The number of nitrogens with one attached hydrogen (secondary N) is 1. The van der Waals surface area contributed by atoms with E-state index in [2.05, 4.69) is 5.32 Å². The van der Waals surface area contributed by atoms with Crippen molar-refractivity contribution < 1.29 is 9.59 Å². The van der Waals surface area contributed by atoms with E-state index in [0.717, 1.165) is 22.4 Å². The smallest absolute Gasteiger partial charge is 0.236 e. The maximum atomic E-state index is 13.7. The first kappa shape index (κ1) is 18.1. The minimum atomic E-state index is -0.878. The fraction of sp³-hybridized carbons (Fsp3) is 0.200. The number of carbonyl (C=O) groups excluding carboxylic acids is 2. The van der Waals surface area contributed by atoms with Crippen molar-refractivity contribution in [2.45, 2.75) is 30.1 Å². The Labute approximate surface area is 174 Å². The van der Waals surface area contributed by atoms with Crippen LogP contribution in [0.4, 0.5) is 5.69 Å². The van der Waals surface area contributed by atoms with Crippen LogP contribution in [0.15, 0.2) is 78.9 Å². The van der Waals surface area contributed by atoms with Crippen molar-refractivity contribution in [3.8, 4) is 0 Å². The van der Waals surface area contributed by atoms with Crippen LogP contribution in [0.5, 0.6) is 0 Å². The predicted molar refractivity (Wildman–Crippen MR) is 114 cm³/mol. The van der Waals surface area contributed by atoms with Gasteiger partial charge in [0.05, 0.1) is 5.41 Å². The molecule has 0 aromatic heterocycles. The number of rotatable bonds is 2. The molecular weight excluding hydrogens is 382 g/mol. The zero-order chi connectivity index (χ0) is 20.0. The summed E-state index contributed by atoms with van der Waals surface area (Å²) in [5.41, 5.74) is 2.81.